The number of hydrogen-bond acceptors (Lipinski definition) is 7. The van der Waals surface area contributed by atoms with Gasteiger partial charge in [0.1, 0.15) is 17.5 Å². The molecule has 0 bridgehead atoms. The number of aliphatic imine (C=N–C) groups is 1. The molecule has 0 aromatic heterocycles. The monoisotopic (exact) mass is 399 g/mol. The Labute approximate surface area is 174 Å². The molecule has 7 nitrogen and oxygen atoms in total. The van der Waals surface area contributed by atoms with E-state index in [0.29, 0.717) is 19.0 Å². The van der Waals surface area contributed by atoms with Crippen molar-refractivity contribution in [3.8, 4) is 12.1 Å². The van der Waals surface area contributed by atoms with Gasteiger partial charge in [0, 0.05) is 31.5 Å². The summed E-state index contributed by atoms with van der Waals surface area (Å²) in [6.45, 7) is 3.41. The van der Waals surface area contributed by atoms with Crippen LogP contribution in [0.15, 0.2) is 17.0 Å². The number of amidine groups is 1. The van der Waals surface area contributed by atoms with Gasteiger partial charge in [-0.3, -0.25) is 5.32 Å². The van der Waals surface area contributed by atoms with Crippen LogP contribution in [0.25, 0.3) is 0 Å². The van der Waals surface area contributed by atoms with Gasteiger partial charge in [-0.1, -0.05) is 19.8 Å². The van der Waals surface area contributed by atoms with Crippen molar-refractivity contribution >= 4 is 5.84 Å². The Hall–Kier alpha value is -2.09. The molecule has 2 aliphatic carbocycles. The molecule has 29 heavy (non-hydrogen) atoms. The summed E-state index contributed by atoms with van der Waals surface area (Å²) < 4.78 is 6.09. The number of hydrogen-bond donors (Lipinski definition) is 2. The Kier molecular flexibility index (Phi) is 7.52. The van der Waals surface area contributed by atoms with Crippen molar-refractivity contribution in [3.63, 3.8) is 0 Å². The van der Waals surface area contributed by atoms with Crippen molar-refractivity contribution in [2.45, 2.75) is 89.0 Å². The molecule has 0 amide bonds. The molecule has 0 spiro atoms. The van der Waals surface area contributed by atoms with E-state index in [1.54, 1.807) is 6.08 Å². The number of aliphatic hydroxyl groups excluding tert-OH is 1. The molecule has 0 aromatic rings. The summed E-state index contributed by atoms with van der Waals surface area (Å²) >= 11 is 0. The minimum Gasteiger partial charge on any atom is -0.474 e. The van der Waals surface area contributed by atoms with Gasteiger partial charge in [-0.05, 0) is 44.9 Å². The van der Waals surface area contributed by atoms with E-state index < -0.39 is 6.23 Å². The lowest BCUT2D eigenvalue weighted by Crippen LogP contribution is -2.46. The third kappa shape index (κ3) is 5.95. The summed E-state index contributed by atoms with van der Waals surface area (Å²) in [5.74, 6) is 1.50. The van der Waals surface area contributed by atoms with Gasteiger partial charge in [0.15, 0.2) is 6.23 Å². The summed E-state index contributed by atoms with van der Waals surface area (Å²) in [6.07, 6.45) is 10.3. The topological polar surface area (TPSA) is 105 Å². The van der Waals surface area contributed by atoms with Crippen LogP contribution in [-0.2, 0) is 4.74 Å². The minimum atomic E-state index is -0.770. The third-order valence-corrected chi connectivity index (χ3v) is 6.11. The van der Waals surface area contributed by atoms with E-state index in [1.165, 1.54) is 0 Å². The zero-order chi connectivity index (χ0) is 20.7. The summed E-state index contributed by atoms with van der Waals surface area (Å²) in [6, 6.07) is 4.68. The second-order valence-corrected chi connectivity index (χ2v) is 8.44. The maximum Gasteiger partial charge on any atom is 0.215 e. The van der Waals surface area contributed by atoms with Crippen LogP contribution in [0.5, 0.6) is 0 Å². The summed E-state index contributed by atoms with van der Waals surface area (Å²) in [4.78, 5) is 6.65. The van der Waals surface area contributed by atoms with E-state index in [1.807, 2.05) is 4.90 Å². The molecule has 0 aromatic carbocycles. The van der Waals surface area contributed by atoms with Crippen LogP contribution in [0.2, 0.25) is 0 Å². The Morgan fingerprint density at radius 2 is 2.03 bits per heavy atom. The van der Waals surface area contributed by atoms with Crippen molar-refractivity contribution in [1.29, 1.82) is 10.5 Å². The molecule has 0 radical (unpaired) electrons. The Morgan fingerprint density at radius 1 is 1.28 bits per heavy atom. The van der Waals surface area contributed by atoms with Gasteiger partial charge >= 0.3 is 0 Å². The molecule has 1 unspecified atom stereocenters. The van der Waals surface area contributed by atoms with E-state index >= 15 is 0 Å². The SMILES string of the molecule is CCCCCC1=NC(OC2CCC(C#N)CC2)=CC(O)N1CCNC1(C#N)CC1. The van der Waals surface area contributed by atoms with Gasteiger partial charge in [0.25, 0.3) is 0 Å². The molecule has 3 aliphatic rings. The molecule has 3 rings (SSSR count). The molecular formula is C22H33N5O2. The molecular weight excluding hydrogens is 366 g/mol. The highest BCUT2D eigenvalue weighted by molar-refractivity contribution is 5.84. The lowest BCUT2D eigenvalue weighted by atomic mass is 9.88. The van der Waals surface area contributed by atoms with E-state index in [0.717, 1.165) is 70.0 Å². The van der Waals surface area contributed by atoms with E-state index in [-0.39, 0.29) is 17.6 Å². The predicted molar refractivity (Wildman–Crippen MR) is 110 cm³/mol. The highest BCUT2D eigenvalue weighted by atomic mass is 16.5. The van der Waals surface area contributed by atoms with Gasteiger partial charge in [-0.2, -0.15) is 10.5 Å². The molecule has 158 valence electrons. The highest BCUT2D eigenvalue weighted by Crippen LogP contribution is 2.34. The zero-order valence-corrected chi connectivity index (χ0v) is 17.4. The molecule has 1 heterocycles. The van der Waals surface area contributed by atoms with Crippen LogP contribution < -0.4 is 5.32 Å². The van der Waals surface area contributed by atoms with Crippen molar-refractivity contribution in [1.82, 2.24) is 10.2 Å². The van der Waals surface area contributed by atoms with Crippen LogP contribution in [0.1, 0.15) is 71.1 Å². The van der Waals surface area contributed by atoms with E-state index in [2.05, 4.69) is 24.4 Å². The fraction of sp³-hybridized carbons (Fsp3) is 0.773. The molecule has 0 saturated heterocycles. The quantitative estimate of drug-likeness (QED) is 0.547. The van der Waals surface area contributed by atoms with Crippen molar-refractivity contribution < 1.29 is 9.84 Å². The number of ether oxygens (including phenoxy) is 1. The highest BCUT2D eigenvalue weighted by Gasteiger charge is 2.42. The first-order chi connectivity index (χ1) is 14.1. The summed E-state index contributed by atoms with van der Waals surface area (Å²) in [5.41, 5.74) is -0.355. The fourth-order valence-corrected chi connectivity index (χ4v) is 4.01. The maximum atomic E-state index is 10.7. The second kappa shape index (κ2) is 10.1. The molecule has 2 N–H and O–H groups in total. The zero-order valence-electron chi connectivity index (χ0n) is 17.4. The fourth-order valence-electron chi connectivity index (χ4n) is 4.01. The molecule has 2 saturated carbocycles. The van der Waals surface area contributed by atoms with Crippen molar-refractivity contribution in [2.24, 2.45) is 10.9 Å². The summed E-state index contributed by atoms with van der Waals surface area (Å²) in [7, 11) is 0. The van der Waals surface area contributed by atoms with Crippen LogP contribution in [0.3, 0.4) is 0 Å². The number of aliphatic hydroxyl groups is 1. The molecule has 1 atom stereocenters. The van der Waals surface area contributed by atoms with Gasteiger partial charge in [-0.25, -0.2) is 4.99 Å². The van der Waals surface area contributed by atoms with Gasteiger partial charge in [0.05, 0.1) is 12.1 Å². The lowest BCUT2D eigenvalue weighted by molar-refractivity contribution is 0.0498. The average Bonchev–Trinajstić information content (AvgIpc) is 3.51. The molecule has 1 aliphatic heterocycles. The number of nitrogens with one attached hydrogen (secondary N) is 1. The van der Waals surface area contributed by atoms with E-state index in [9.17, 15) is 10.4 Å². The average molecular weight is 400 g/mol. The number of nitriles is 2. The number of rotatable bonds is 10. The summed E-state index contributed by atoms with van der Waals surface area (Å²) in [5, 5.41) is 32.3. The predicted octanol–water partition coefficient (Wildman–Crippen LogP) is 3.19. The van der Waals surface area contributed by atoms with E-state index in [4.69, 9.17) is 15.0 Å². The lowest BCUT2D eigenvalue weighted by Gasteiger charge is -2.34. The van der Waals surface area contributed by atoms with Gasteiger partial charge in [0.2, 0.25) is 5.88 Å². The number of nitrogens with zero attached hydrogens (tertiary/aromatic N) is 4. The molecule has 7 heteroatoms. The Morgan fingerprint density at radius 3 is 2.66 bits per heavy atom. The van der Waals surface area contributed by atoms with Crippen LogP contribution >= 0.6 is 0 Å². The second-order valence-electron chi connectivity index (χ2n) is 8.44. The molecule has 2 fully saturated rings. The van der Waals surface area contributed by atoms with Gasteiger partial charge in [-0.15, -0.1) is 0 Å². The van der Waals surface area contributed by atoms with Crippen LogP contribution in [0, 0.1) is 28.6 Å². The van der Waals surface area contributed by atoms with Crippen molar-refractivity contribution in [3.05, 3.63) is 12.0 Å². The standard InChI is InChI=1S/C22H33N5O2/c1-2-3-4-5-19-26-20(29-18-8-6-17(15-23)7-9-18)14-21(28)27(19)13-12-25-22(16-24)10-11-22/h14,17-18,21,25,28H,2-13H2,1H3. The van der Waals surface area contributed by atoms with Gasteiger partial charge < -0.3 is 14.7 Å². The van der Waals surface area contributed by atoms with Crippen molar-refractivity contribution in [2.75, 3.05) is 13.1 Å². The Bertz CT molecular complexity index is 693. The minimum absolute atomic E-state index is 0.0669. The first-order valence-electron chi connectivity index (χ1n) is 11.1. The smallest absolute Gasteiger partial charge is 0.215 e. The first kappa shape index (κ1) is 21.6. The number of unbranched alkanes of at least 4 members (excludes halogenated alkanes) is 2. The Balaban J connectivity index is 1.58. The third-order valence-electron chi connectivity index (χ3n) is 6.11. The first-order valence-corrected chi connectivity index (χ1v) is 11.1. The maximum absolute atomic E-state index is 10.7. The van der Waals surface area contributed by atoms with Crippen LogP contribution in [0.4, 0.5) is 0 Å². The largest absolute Gasteiger partial charge is 0.474 e. The van der Waals surface area contributed by atoms with Crippen LogP contribution in [-0.4, -0.2) is 46.8 Å². The normalized spacial score (nSPS) is 28.0.